The summed E-state index contributed by atoms with van der Waals surface area (Å²) in [5.41, 5.74) is 8.81. The number of aryl methyl sites for hydroxylation is 1. The number of aromatic nitrogens is 2. The van der Waals surface area contributed by atoms with Crippen LogP contribution in [0.1, 0.15) is 30.7 Å². The van der Waals surface area contributed by atoms with Gasteiger partial charge in [0.2, 0.25) is 0 Å². The highest BCUT2D eigenvalue weighted by molar-refractivity contribution is 5.67. The Labute approximate surface area is 114 Å². The van der Waals surface area contributed by atoms with Crippen molar-refractivity contribution in [3.05, 3.63) is 35.8 Å². The first-order valence-corrected chi connectivity index (χ1v) is 6.55. The topological polar surface area (TPSA) is 63.9 Å². The standard InChI is InChI=1S/C15H21N3O/c1-10-4-5-14(19-3)12(8-10)13-9-17-15(18-13)11(2)6-7-16/h4-5,8-9,11H,6-7,16H2,1-3H3,(H,17,18). The van der Waals surface area contributed by atoms with Crippen LogP contribution in [0.15, 0.2) is 24.4 Å². The summed E-state index contributed by atoms with van der Waals surface area (Å²) in [6.45, 7) is 4.87. The summed E-state index contributed by atoms with van der Waals surface area (Å²) in [5.74, 6) is 2.17. The van der Waals surface area contributed by atoms with Crippen LogP contribution in [0.3, 0.4) is 0 Å². The molecule has 1 heterocycles. The third kappa shape index (κ3) is 2.96. The van der Waals surface area contributed by atoms with Crippen molar-refractivity contribution in [3.8, 4) is 17.0 Å². The number of hydrogen-bond donors (Lipinski definition) is 2. The summed E-state index contributed by atoms with van der Waals surface area (Å²) in [7, 11) is 1.68. The second-order valence-electron chi connectivity index (χ2n) is 4.86. The highest BCUT2D eigenvalue weighted by Gasteiger charge is 2.12. The fourth-order valence-electron chi connectivity index (χ4n) is 2.14. The van der Waals surface area contributed by atoms with E-state index in [-0.39, 0.29) is 0 Å². The summed E-state index contributed by atoms with van der Waals surface area (Å²) in [4.78, 5) is 7.82. The molecule has 0 aliphatic carbocycles. The zero-order chi connectivity index (χ0) is 13.8. The molecule has 19 heavy (non-hydrogen) atoms. The van der Waals surface area contributed by atoms with Gasteiger partial charge in [0.25, 0.3) is 0 Å². The highest BCUT2D eigenvalue weighted by atomic mass is 16.5. The third-order valence-electron chi connectivity index (χ3n) is 3.31. The largest absolute Gasteiger partial charge is 0.496 e. The molecule has 102 valence electrons. The zero-order valence-corrected chi connectivity index (χ0v) is 11.7. The number of hydrogen-bond acceptors (Lipinski definition) is 3. The number of benzene rings is 1. The van der Waals surface area contributed by atoms with E-state index in [1.807, 2.05) is 18.3 Å². The van der Waals surface area contributed by atoms with Gasteiger partial charge in [-0.2, -0.15) is 0 Å². The molecule has 3 N–H and O–H groups in total. The van der Waals surface area contributed by atoms with Gasteiger partial charge in [0.15, 0.2) is 0 Å². The number of aromatic amines is 1. The average molecular weight is 259 g/mol. The molecule has 1 unspecified atom stereocenters. The first-order valence-electron chi connectivity index (χ1n) is 6.55. The van der Waals surface area contributed by atoms with Crippen LogP contribution < -0.4 is 10.5 Å². The number of nitrogens with zero attached hydrogens (tertiary/aromatic N) is 1. The number of nitrogens with one attached hydrogen (secondary N) is 1. The summed E-state index contributed by atoms with van der Waals surface area (Å²) in [6, 6.07) is 6.12. The molecule has 1 atom stereocenters. The minimum absolute atomic E-state index is 0.342. The van der Waals surface area contributed by atoms with E-state index >= 15 is 0 Å². The van der Waals surface area contributed by atoms with Crippen molar-refractivity contribution in [1.29, 1.82) is 0 Å². The molecular formula is C15H21N3O. The van der Waals surface area contributed by atoms with E-state index in [0.717, 1.165) is 29.3 Å². The summed E-state index contributed by atoms with van der Waals surface area (Å²) in [6.07, 6.45) is 2.79. The van der Waals surface area contributed by atoms with Crippen LogP contribution in [0.4, 0.5) is 0 Å². The molecule has 2 rings (SSSR count). The second-order valence-corrected chi connectivity index (χ2v) is 4.86. The maximum Gasteiger partial charge on any atom is 0.128 e. The van der Waals surface area contributed by atoms with Crippen LogP contribution in [0.25, 0.3) is 11.3 Å². The van der Waals surface area contributed by atoms with Gasteiger partial charge in [0.1, 0.15) is 11.6 Å². The number of ether oxygens (including phenoxy) is 1. The second kappa shape index (κ2) is 5.89. The van der Waals surface area contributed by atoms with Crippen LogP contribution in [0.5, 0.6) is 5.75 Å². The fraction of sp³-hybridized carbons (Fsp3) is 0.400. The van der Waals surface area contributed by atoms with Crippen LogP contribution >= 0.6 is 0 Å². The molecule has 0 bridgehead atoms. The van der Waals surface area contributed by atoms with E-state index in [9.17, 15) is 0 Å². The van der Waals surface area contributed by atoms with Crippen molar-refractivity contribution in [2.75, 3.05) is 13.7 Å². The number of methoxy groups -OCH3 is 1. The lowest BCUT2D eigenvalue weighted by atomic mass is 10.1. The quantitative estimate of drug-likeness (QED) is 0.867. The Morgan fingerprint density at radius 2 is 2.21 bits per heavy atom. The van der Waals surface area contributed by atoms with Crippen molar-refractivity contribution in [1.82, 2.24) is 9.97 Å². The molecule has 0 aliphatic heterocycles. The van der Waals surface area contributed by atoms with Crippen LogP contribution in [-0.4, -0.2) is 23.6 Å². The Morgan fingerprint density at radius 1 is 1.42 bits per heavy atom. The molecule has 0 radical (unpaired) electrons. The van der Waals surface area contributed by atoms with Gasteiger partial charge in [0, 0.05) is 11.5 Å². The third-order valence-corrected chi connectivity index (χ3v) is 3.31. The molecule has 0 amide bonds. The Hall–Kier alpha value is -1.81. The average Bonchev–Trinajstić information content (AvgIpc) is 2.88. The molecule has 0 saturated heterocycles. The van der Waals surface area contributed by atoms with E-state index in [1.54, 1.807) is 7.11 Å². The summed E-state index contributed by atoms with van der Waals surface area (Å²) >= 11 is 0. The van der Waals surface area contributed by atoms with Gasteiger partial charge in [-0.1, -0.05) is 18.6 Å². The maximum atomic E-state index is 5.59. The lowest BCUT2D eigenvalue weighted by molar-refractivity contribution is 0.416. The molecule has 0 aliphatic rings. The fourth-order valence-corrected chi connectivity index (χ4v) is 2.14. The van der Waals surface area contributed by atoms with Crippen molar-refractivity contribution in [2.45, 2.75) is 26.2 Å². The van der Waals surface area contributed by atoms with E-state index in [2.05, 4.69) is 29.9 Å². The Balaban J connectivity index is 2.34. The molecule has 0 saturated carbocycles. The van der Waals surface area contributed by atoms with Crippen LogP contribution in [0.2, 0.25) is 0 Å². The van der Waals surface area contributed by atoms with Gasteiger partial charge in [-0.25, -0.2) is 4.98 Å². The van der Waals surface area contributed by atoms with E-state index in [4.69, 9.17) is 10.5 Å². The van der Waals surface area contributed by atoms with E-state index in [1.165, 1.54) is 5.56 Å². The molecule has 1 aromatic heterocycles. The van der Waals surface area contributed by atoms with Gasteiger partial charge in [-0.3, -0.25) is 0 Å². The smallest absolute Gasteiger partial charge is 0.128 e. The zero-order valence-electron chi connectivity index (χ0n) is 11.7. The van der Waals surface area contributed by atoms with Gasteiger partial charge in [-0.15, -0.1) is 0 Å². The Kier molecular flexibility index (Phi) is 4.22. The SMILES string of the molecule is COc1ccc(C)cc1-c1cnc(C(C)CCN)[nH]1. The number of H-pyrrole nitrogens is 1. The van der Waals surface area contributed by atoms with Gasteiger partial charge >= 0.3 is 0 Å². The first-order chi connectivity index (χ1) is 9.15. The maximum absolute atomic E-state index is 5.59. The molecule has 0 spiro atoms. The van der Waals surface area contributed by atoms with Crippen LogP contribution in [-0.2, 0) is 0 Å². The molecular weight excluding hydrogens is 238 g/mol. The van der Waals surface area contributed by atoms with E-state index < -0.39 is 0 Å². The monoisotopic (exact) mass is 259 g/mol. The van der Waals surface area contributed by atoms with Gasteiger partial charge in [0.05, 0.1) is 19.0 Å². The molecule has 4 heteroatoms. The van der Waals surface area contributed by atoms with Gasteiger partial charge in [-0.05, 0) is 32.0 Å². The molecule has 4 nitrogen and oxygen atoms in total. The van der Waals surface area contributed by atoms with Crippen molar-refractivity contribution in [3.63, 3.8) is 0 Å². The predicted octanol–water partition coefficient (Wildman–Crippen LogP) is 2.85. The minimum Gasteiger partial charge on any atom is -0.496 e. The lowest BCUT2D eigenvalue weighted by Gasteiger charge is -2.08. The van der Waals surface area contributed by atoms with Crippen molar-refractivity contribution < 1.29 is 4.74 Å². The van der Waals surface area contributed by atoms with Crippen LogP contribution in [0, 0.1) is 6.92 Å². The number of nitrogens with two attached hydrogens (primary N) is 1. The lowest BCUT2D eigenvalue weighted by Crippen LogP contribution is -2.05. The molecule has 0 fully saturated rings. The van der Waals surface area contributed by atoms with Crippen molar-refractivity contribution >= 4 is 0 Å². The Morgan fingerprint density at radius 3 is 2.89 bits per heavy atom. The predicted molar refractivity (Wildman–Crippen MR) is 77.4 cm³/mol. The van der Waals surface area contributed by atoms with Gasteiger partial charge < -0.3 is 15.5 Å². The normalized spacial score (nSPS) is 12.4. The van der Waals surface area contributed by atoms with E-state index in [0.29, 0.717) is 12.5 Å². The Bertz CT molecular complexity index is 548. The number of rotatable bonds is 5. The summed E-state index contributed by atoms with van der Waals surface area (Å²) < 4.78 is 5.40. The molecule has 1 aromatic carbocycles. The first kappa shape index (κ1) is 13.6. The highest BCUT2D eigenvalue weighted by Crippen LogP contribution is 2.30. The molecule has 2 aromatic rings. The summed E-state index contributed by atoms with van der Waals surface area (Å²) in [5, 5.41) is 0. The minimum atomic E-state index is 0.342. The van der Waals surface area contributed by atoms with Crippen molar-refractivity contribution in [2.24, 2.45) is 5.73 Å². The number of imidazole rings is 1.